The van der Waals surface area contributed by atoms with Gasteiger partial charge in [-0.05, 0) is 44.0 Å². The van der Waals surface area contributed by atoms with E-state index in [0.717, 1.165) is 41.9 Å². The van der Waals surface area contributed by atoms with Crippen LogP contribution in [0, 0.1) is 5.92 Å². The highest BCUT2D eigenvalue weighted by atomic mass is 32.1. The Kier molecular flexibility index (Phi) is 4.27. The van der Waals surface area contributed by atoms with Crippen molar-refractivity contribution < 1.29 is 4.79 Å². The SMILES string of the molecule is CC1(N)CCCCC1C(=O)Nc1ccc(-c2nccs2)cc1. The van der Waals surface area contributed by atoms with Crippen molar-refractivity contribution in [1.82, 2.24) is 4.98 Å². The molecule has 1 aliphatic rings. The molecule has 4 nitrogen and oxygen atoms in total. The van der Waals surface area contributed by atoms with E-state index in [2.05, 4.69) is 10.3 Å². The molecule has 116 valence electrons. The number of anilines is 1. The molecule has 1 heterocycles. The number of amides is 1. The minimum Gasteiger partial charge on any atom is -0.326 e. The average molecular weight is 315 g/mol. The summed E-state index contributed by atoms with van der Waals surface area (Å²) in [5.74, 6) is -0.0772. The van der Waals surface area contributed by atoms with Gasteiger partial charge in [-0.25, -0.2) is 4.98 Å². The van der Waals surface area contributed by atoms with Crippen LogP contribution in [0.5, 0.6) is 0 Å². The molecule has 1 fully saturated rings. The Morgan fingerprint density at radius 2 is 2.14 bits per heavy atom. The van der Waals surface area contributed by atoms with E-state index < -0.39 is 5.54 Å². The predicted molar refractivity (Wildman–Crippen MR) is 90.7 cm³/mol. The van der Waals surface area contributed by atoms with Gasteiger partial charge in [0.15, 0.2) is 0 Å². The third-order valence-electron chi connectivity index (χ3n) is 4.40. The van der Waals surface area contributed by atoms with Crippen molar-refractivity contribution in [2.45, 2.75) is 38.1 Å². The van der Waals surface area contributed by atoms with Crippen LogP contribution in [0.4, 0.5) is 5.69 Å². The highest BCUT2D eigenvalue weighted by Gasteiger charge is 2.37. The molecule has 0 spiro atoms. The lowest BCUT2D eigenvalue weighted by molar-refractivity contribution is -0.122. The van der Waals surface area contributed by atoms with Crippen molar-refractivity contribution in [3.05, 3.63) is 35.8 Å². The zero-order valence-electron chi connectivity index (χ0n) is 12.7. The zero-order chi connectivity index (χ0) is 15.6. The van der Waals surface area contributed by atoms with E-state index in [1.165, 1.54) is 0 Å². The number of nitrogens with zero attached hydrogens (tertiary/aromatic N) is 1. The molecule has 1 amide bonds. The van der Waals surface area contributed by atoms with Crippen LogP contribution in [0.2, 0.25) is 0 Å². The second-order valence-corrected chi connectivity index (χ2v) is 7.10. The maximum atomic E-state index is 12.5. The molecule has 22 heavy (non-hydrogen) atoms. The van der Waals surface area contributed by atoms with Gasteiger partial charge in [0.25, 0.3) is 0 Å². The topological polar surface area (TPSA) is 68.0 Å². The summed E-state index contributed by atoms with van der Waals surface area (Å²) in [5, 5.41) is 5.94. The standard InChI is InChI=1S/C17H21N3OS/c1-17(18)9-3-2-4-14(17)15(21)20-13-7-5-12(6-8-13)16-19-10-11-22-16/h5-8,10-11,14H,2-4,9,18H2,1H3,(H,20,21). The van der Waals surface area contributed by atoms with E-state index in [9.17, 15) is 4.79 Å². The number of thiazole rings is 1. The molecular weight excluding hydrogens is 294 g/mol. The minimum atomic E-state index is -0.400. The molecule has 5 heteroatoms. The number of carbonyl (C=O) groups excluding carboxylic acids is 1. The number of nitrogens with one attached hydrogen (secondary N) is 1. The third kappa shape index (κ3) is 3.20. The van der Waals surface area contributed by atoms with Gasteiger partial charge in [0.1, 0.15) is 5.01 Å². The van der Waals surface area contributed by atoms with Crippen LogP contribution in [0.25, 0.3) is 10.6 Å². The normalized spacial score (nSPS) is 24.9. The second-order valence-electron chi connectivity index (χ2n) is 6.21. The smallest absolute Gasteiger partial charge is 0.229 e. The molecule has 1 aromatic carbocycles. The first-order chi connectivity index (χ1) is 10.6. The summed E-state index contributed by atoms with van der Waals surface area (Å²) in [5.41, 5.74) is 7.77. The van der Waals surface area contributed by atoms with Gasteiger partial charge in [0.05, 0.1) is 5.92 Å². The lowest BCUT2D eigenvalue weighted by atomic mass is 9.74. The van der Waals surface area contributed by atoms with Gasteiger partial charge in [-0.3, -0.25) is 4.79 Å². The number of aromatic nitrogens is 1. The molecule has 2 atom stereocenters. The van der Waals surface area contributed by atoms with E-state index in [0.29, 0.717) is 0 Å². The first-order valence-corrected chi connectivity index (χ1v) is 8.54. The predicted octanol–water partition coefficient (Wildman–Crippen LogP) is 3.66. The van der Waals surface area contributed by atoms with Crippen LogP contribution in [-0.4, -0.2) is 16.4 Å². The molecule has 1 saturated carbocycles. The Bertz CT molecular complexity index is 634. The Balaban J connectivity index is 1.69. The van der Waals surface area contributed by atoms with Crippen molar-refractivity contribution in [1.29, 1.82) is 0 Å². The van der Waals surface area contributed by atoms with Gasteiger partial charge in [-0.15, -0.1) is 11.3 Å². The molecule has 2 unspecified atom stereocenters. The van der Waals surface area contributed by atoms with Gasteiger partial charge in [-0.1, -0.05) is 12.8 Å². The van der Waals surface area contributed by atoms with E-state index in [1.54, 1.807) is 17.5 Å². The zero-order valence-corrected chi connectivity index (χ0v) is 13.5. The Labute approximate surface area is 134 Å². The Hall–Kier alpha value is -1.72. The number of nitrogens with two attached hydrogens (primary N) is 1. The molecular formula is C17H21N3OS. The number of hydrogen-bond acceptors (Lipinski definition) is 4. The Morgan fingerprint density at radius 1 is 1.36 bits per heavy atom. The van der Waals surface area contributed by atoms with E-state index >= 15 is 0 Å². The van der Waals surface area contributed by atoms with Gasteiger partial charge in [-0.2, -0.15) is 0 Å². The molecule has 1 aromatic heterocycles. The fourth-order valence-corrected chi connectivity index (χ4v) is 3.72. The lowest BCUT2D eigenvalue weighted by Gasteiger charge is -2.37. The van der Waals surface area contributed by atoms with Crippen molar-refractivity contribution in [3.63, 3.8) is 0 Å². The summed E-state index contributed by atoms with van der Waals surface area (Å²) in [4.78, 5) is 16.8. The van der Waals surface area contributed by atoms with E-state index in [4.69, 9.17) is 5.73 Å². The van der Waals surface area contributed by atoms with Crippen molar-refractivity contribution in [3.8, 4) is 10.6 Å². The quantitative estimate of drug-likeness (QED) is 0.908. The van der Waals surface area contributed by atoms with Crippen LogP contribution in [-0.2, 0) is 4.79 Å². The third-order valence-corrected chi connectivity index (χ3v) is 5.22. The molecule has 0 saturated heterocycles. The molecule has 1 aliphatic carbocycles. The van der Waals surface area contributed by atoms with Crippen LogP contribution >= 0.6 is 11.3 Å². The Morgan fingerprint density at radius 3 is 2.77 bits per heavy atom. The van der Waals surface area contributed by atoms with Crippen molar-refractivity contribution in [2.24, 2.45) is 11.7 Å². The first-order valence-electron chi connectivity index (χ1n) is 7.66. The maximum Gasteiger partial charge on any atom is 0.229 e. The van der Waals surface area contributed by atoms with Gasteiger partial charge < -0.3 is 11.1 Å². The van der Waals surface area contributed by atoms with Crippen LogP contribution in [0.1, 0.15) is 32.6 Å². The van der Waals surface area contributed by atoms with Crippen molar-refractivity contribution >= 4 is 22.9 Å². The molecule has 2 aromatic rings. The summed E-state index contributed by atoms with van der Waals surface area (Å²) < 4.78 is 0. The highest BCUT2D eigenvalue weighted by molar-refractivity contribution is 7.13. The number of rotatable bonds is 3. The fourth-order valence-electron chi connectivity index (χ4n) is 3.08. The largest absolute Gasteiger partial charge is 0.326 e. The first kappa shape index (κ1) is 15.2. The molecule has 3 N–H and O–H groups in total. The van der Waals surface area contributed by atoms with Gasteiger partial charge in [0.2, 0.25) is 5.91 Å². The van der Waals surface area contributed by atoms with Crippen LogP contribution in [0.3, 0.4) is 0 Å². The highest BCUT2D eigenvalue weighted by Crippen LogP contribution is 2.32. The second kappa shape index (κ2) is 6.18. The molecule has 0 radical (unpaired) electrons. The van der Waals surface area contributed by atoms with E-state index in [-0.39, 0.29) is 11.8 Å². The maximum absolute atomic E-state index is 12.5. The van der Waals surface area contributed by atoms with E-state index in [1.807, 2.05) is 36.6 Å². The summed E-state index contributed by atoms with van der Waals surface area (Å²) in [6, 6.07) is 7.81. The van der Waals surface area contributed by atoms with Gasteiger partial charge in [0, 0.05) is 28.4 Å². The molecule has 0 aliphatic heterocycles. The van der Waals surface area contributed by atoms with Crippen LogP contribution in [0.15, 0.2) is 35.8 Å². The summed E-state index contributed by atoms with van der Waals surface area (Å²) >= 11 is 1.60. The summed E-state index contributed by atoms with van der Waals surface area (Å²) in [7, 11) is 0. The van der Waals surface area contributed by atoms with Crippen LogP contribution < -0.4 is 11.1 Å². The average Bonchev–Trinajstić information content (AvgIpc) is 3.01. The lowest BCUT2D eigenvalue weighted by Crippen LogP contribution is -2.51. The number of hydrogen-bond donors (Lipinski definition) is 2. The summed E-state index contributed by atoms with van der Waals surface area (Å²) in [6.45, 7) is 1.99. The number of benzene rings is 1. The monoisotopic (exact) mass is 315 g/mol. The van der Waals surface area contributed by atoms with Crippen molar-refractivity contribution in [2.75, 3.05) is 5.32 Å². The molecule has 0 bridgehead atoms. The van der Waals surface area contributed by atoms with Gasteiger partial charge >= 0.3 is 0 Å². The number of carbonyl (C=O) groups is 1. The summed E-state index contributed by atoms with van der Waals surface area (Å²) in [6.07, 6.45) is 5.76. The fraction of sp³-hybridized carbons (Fsp3) is 0.412. The molecule has 3 rings (SSSR count). The minimum absolute atomic E-state index is 0.0340.